The minimum Gasteiger partial charge on any atom is -0.347 e. The zero-order valence-electron chi connectivity index (χ0n) is 10.2. The third-order valence-corrected chi connectivity index (χ3v) is 2.86. The number of nitrogen functional groups attached to an aromatic ring is 1. The molecule has 0 unspecified atom stereocenters. The van der Waals surface area contributed by atoms with Gasteiger partial charge in [0.2, 0.25) is 0 Å². The number of hydrogen-bond acceptors (Lipinski definition) is 4. The SMILES string of the molecule is CCC(C)(C)NC(=O)c1cnc(NN)c(Cl)c1. The van der Waals surface area contributed by atoms with Crippen molar-refractivity contribution in [2.75, 3.05) is 5.43 Å². The molecule has 94 valence electrons. The summed E-state index contributed by atoms with van der Waals surface area (Å²) in [6.45, 7) is 5.92. The van der Waals surface area contributed by atoms with Crippen LogP contribution < -0.4 is 16.6 Å². The number of carbonyl (C=O) groups excluding carboxylic acids is 1. The Hall–Kier alpha value is -1.33. The van der Waals surface area contributed by atoms with Gasteiger partial charge in [0, 0.05) is 11.7 Å². The molecule has 0 fully saturated rings. The van der Waals surface area contributed by atoms with Crippen LogP contribution in [0.15, 0.2) is 12.3 Å². The first-order valence-corrected chi connectivity index (χ1v) is 5.72. The molecule has 1 heterocycles. The Kier molecular flexibility index (Phi) is 4.31. The van der Waals surface area contributed by atoms with Crippen molar-refractivity contribution in [2.45, 2.75) is 32.7 Å². The molecule has 1 amide bonds. The first kappa shape index (κ1) is 13.7. The third-order valence-electron chi connectivity index (χ3n) is 2.58. The van der Waals surface area contributed by atoms with Crippen molar-refractivity contribution in [3.05, 3.63) is 22.8 Å². The second-order valence-electron chi connectivity index (χ2n) is 4.39. The van der Waals surface area contributed by atoms with Gasteiger partial charge in [-0.05, 0) is 26.3 Å². The number of nitrogens with two attached hydrogens (primary N) is 1. The molecule has 1 aromatic rings. The van der Waals surface area contributed by atoms with Gasteiger partial charge in [-0.25, -0.2) is 10.8 Å². The number of hydrogen-bond donors (Lipinski definition) is 3. The van der Waals surface area contributed by atoms with Gasteiger partial charge in [0.15, 0.2) is 5.82 Å². The maximum Gasteiger partial charge on any atom is 0.253 e. The number of carbonyl (C=O) groups is 1. The second-order valence-corrected chi connectivity index (χ2v) is 4.80. The summed E-state index contributed by atoms with van der Waals surface area (Å²) in [6.07, 6.45) is 2.27. The normalized spacial score (nSPS) is 11.1. The van der Waals surface area contributed by atoms with Gasteiger partial charge in [0.25, 0.3) is 5.91 Å². The number of anilines is 1. The summed E-state index contributed by atoms with van der Waals surface area (Å²) < 4.78 is 0. The van der Waals surface area contributed by atoms with Gasteiger partial charge in [-0.3, -0.25) is 4.79 Å². The molecule has 0 atom stereocenters. The molecule has 1 aromatic heterocycles. The van der Waals surface area contributed by atoms with Crippen LogP contribution in [0.2, 0.25) is 5.02 Å². The zero-order valence-corrected chi connectivity index (χ0v) is 10.9. The lowest BCUT2D eigenvalue weighted by Gasteiger charge is -2.24. The summed E-state index contributed by atoms with van der Waals surface area (Å²) in [5.41, 5.74) is 2.50. The van der Waals surface area contributed by atoms with E-state index in [4.69, 9.17) is 17.4 Å². The fraction of sp³-hybridized carbons (Fsp3) is 0.455. The predicted molar refractivity (Wildman–Crippen MR) is 68.9 cm³/mol. The van der Waals surface area contributed by atoms with Gasteiger partial charge in [-0.15, -0.1) is 0 Å². The molecule has 1 rings (SSSR count). The van der Waals surface area contributed by atoms with E-state index in [0.29, 0.717) is 16.4 Å². The Balaban J connectivity index is 2.87. The molecule has 0 aromatic carbocycles. The van der Waals surface area contributed by atoms with E-state index in [1.165, 1.54) is 12.3 Å². The Labute approximate surface area is 106 Å². The van der Waals surface area contributed by atoms with Gasteiger partial charge < -0.3 is 10.7 Å². The predicted octanol–water partition coefficient (Wildman–Crippen LogP) is 1.94. The molecule has 4 N–H and O–H groups in total. The summed E-state index contributed by atoms with van der Waals surface area (Å²) >= 11 is 5.89. The van der Waals surface area contributed by atoms with Crippen LogP contribution in [0.3, 0.4) is 0 Å². The summed E-state index contributed by atoms with van der Waals surface area (Å²) in [5.74, 6) is 5.35. The van der Waals surface area contributed by atoms with Gasteiger partial charge in [0.05, 0.1) is 10.6 Å². The van der Waals surface area contributed by atoms with Crippen LogP contribution in [0, 0.1) is 0 Å². The monoisotopic (exact) mass is 256 g/mol. The number of nitrogens with one attached hydrogen (secondary N) is 2. The van der Waals surface area contributed by atoms with Crippen LogP contribution in [0.4, 0.5) is 5.82 Å². The van der Waals surface area contributed by atoms with E-state index >= 15 is 0 Å². The Morgan fingerprint density at radius 2 is 2.24 bits per heavy atom. The van der Waals surface area contributed by atoms with Crippen molar-refractivity contribution >= 4 is 23.3 Å². The molecule has 17 heavy (non-hydrogen) atoms. The van der Waals surface area contributed by atoms with E-state index in [1.54, 1.807) is 0 Å². The Bertz CT molecular complexity index is 420. The highest BCUT2D eigenvalue weighted by Gasteiger charge is 2.19. The average molecular weight is 257 g/mol. The highest BCUT2D eigenvalue weighted by atomic mass is 35.5. The standard InChI is InChI=1S/C11H17ClN4O/c1-4-11(2,3)15-10(17)7-5-8(12)9(16-13)14-6-7/h5-6H,4,13H2,1-3H3,(H,14,16)(H,15,17). The molecule has 0 aliphatic carbocycles. The first-order chi connectivity index (χ1) is 7.89. The molecule has 0 aliphatic rings. The molecule has 5 nitrogen and oxygen atoms in total. The fourth-order valence-electron chi connectivity index (χ4n) is 1.14. The summed E-state index contributed by atoms with van der Waals surface area (Å²) in [7, 11) is 0. The van der Waals surface area contributed by atoms with Crippen molar-refractivity contribution in [3.8, 4) is 0 Å². The number of hydrazine groups is 1. The summed E-state index contributed by atoms with van der Waals surface area (Å²) in [4.78, 5) is 15.9. The van der Waals surface area contributed by atoms with Crippen LogP contribution in [-0.2, 0) is 0 Å². The molecule has 0 bridgehead atoms. The minimum atomic E-state index is -0.256. The molecule has 0 saturated carbocycles. The lowest BCUT2D eigenvalue weighted by molar-refractivity contribution is 0.0911. The topological polar surface area (TPSA) is 80.0 Å². The quantitative estimate of drug-likeness (QED) is 0.568. The van der Waals surface area contributed by atoms with E-state index in [9.17, 15) is 4.79 Å². The number of rotatable bonds is 4. The molecule has 0 aliphatic heterocycles. The highest BCUT2D eigenvalue weighted by molar-refractivity contribution is 6.33. The lowest BCUT2D eigenvalue weighted by Crippen LogP contribution is -2.42. The van der Waals surface area contributed by atoms with E-state index in [-0.39, 0.29) is 11.4 Å². The maximum absolute atomic E-state index is 11.9. The minimum absolute atomic E-state index is 0.199. The van der Waals surface area contributed by atoms with E-state index in [1.807, 2.05) is 20.8 Å². The lowest BCUT2D eigenvalue weighted by atomic mass is 10.0. The summed E-state index contributed by atoms with van der Waals surface area (Å²) in [6, 6.07) is 1.53. The Morgan fingerprint density at radius 3 is 2.71 bits per heavy atom. The third kappa shape index (κ3) is 3.57. The van der Waals surface area contributed by atoms with Crippen LogP contribution in [0.5, 0.6) is 0 Å². The van der Waals surface area contributed by atoms with Crippen LogP contribution >= 0.6 is 11.6 Å². The Morgan fingerprint density at radius 1 is 1.59 bits per heavy atom. The van der Waals surface area contributed by atoms with Gasteiger partial charge >= 0.3 is 0 Å². The van der Waals surface area contributed by atoms with Gasteiger partial charge in [0.1, 0.15) is 0 Å². The van der Waals surface area contributed by atoms with E-state index in [0.717, 1.165) is 6.42 Å². The number of halogens is 1. The average Bonchev–Trinajstić information content (AvgIpc) is 2.28. The zero-order chi connectivity index (χ0) is 13.1. The first-order valence-electron chi connectivity index (χ1n) is 5.34. The smallest absolute Gasteiger partial charge is 0.253 e. The molecule has 0 saturated heterocycles. The highest BCUT2D eigenvalue weighted by Crippen LogP contribution is 2.19. The van der Waals surface area contributed by atoms with Crippen LogP contribution in [0.1, 0.15) is 37.6 Å². The second kappa shape index (κ2) is 5.33. The molecule has 0 spiro atoms. The number of pyridine rings is 1. The molecular formula is C11H17ClN4O. The van der Waals surface area contributed by atoms with Crippen molar-refractivity contribution < 1.29 is 4.79 Å². The molecule has 0 radical (unpaired) electrons. The van der Waals surface area contributed by atoms with E-state index < -0.39 is 0 Å². The number of nitrogens with zero attached hydrogens (tertiary/aromatic N) is 1. The largest absolute Gasteiger partial charge is 0.347 e. The van der Waals surface area contributed by atoms with Crippen LogP contribution in [0.25, 0.3) is 0 Å². The number of amides is 1. The van der Waals surface area contributed by atoms with E-state index in [2.05, 4.69) is 15.7 Å². The molecule has 6 heteroatoms. The van der Waals surface area contributed by atoms with Crippen molar-refractivity contribution in [1.82, 2.24) is 10.3 Å². The van der Waals surface area contributed by atoms with Crippen molar-refractivity contribution in [3.63, 3.8) is 0 Å². The van der Waals surface area contributed by atoms with Gasteiger partial charge in [-0.2, -0.15) is 0 Å². The summed E-state index contributed by atoms with van der Waals surface area (Å²) in [5, 5.41) is 3.21. The van der Waals surface area contributed by atoms with Gasteiger partial charge in [-0.1, -0.05) is 18.5 Å². The molecular weight excluding hydrogens is 240 g/mol. The fourth-order valence-corrected chi connectivity index (χ4v) is 1.36. The van der Waals surface area contributed by atoms with Crippen LogP contribution in [-0.4, -0.2) is 16.4 Å². The van der Waals surface area contributed by atoms with Crippen molar-refractivity contribution in [2.24, 2.45) is 5.84 Å². The number of aromatic nitrogens is 1. The maximum atomic E-state index is 11.9. The van der Waals surface area contributed by atoms with Crippen molar-refractivity contribution in [1.29, 1.82) is 0 Å².